The smallest absolute Gasteiger partial charge is 0.235 e. The summed E-state index contributed by atoms with van der Waals surface area (Å²) in [6.07, 6.45) is 17.2. The van der Waals surface area contributed by atoms with E-state index in [0.717, 1.165) is 25.7 Å². The highest BCUT2D eigenvalue weighted by molar-refractivity contribution is 7.89. The number of hydrogen-bond donors (Lipinski definition) is 11. The van der Waals surface area contributed by atoms with E-state index < -0.39 is 119 Å². The van der Waals surface area contributed by atoms with Crippen molar-refractivity contribution < 1.29 is 56.7 Å². The number of primary amides is 1. The van der Waals surface area contributed by atoms with Crippen LogP contribution < -0.4 is 54.7 Å². The largest absolute Gasteiger partial charge is 0.508 e. The van der Waals surface area contributed by atoms with Crippen LogP contribution in [0.2, 0.25) is 0 Å². The average Bonchev–Trinajstić information content (AvgIpc) is 3.56. The van der Waals surface area contributed by atoms with Crippen molar-refractivity contribution in [2.75, 3.05) is 38.5 Å². The van der Waals surface area contributed by atoms with Gasteiger partial charge in [0.1, 0.15) is 5.75 Å². The summed E-state index contributed by atoms with van der Waals surface area (Å²) in [5.74, 6) is -8.71. The number of carbonyl (C=O) groups excluding carboxylic acids is 9. The lowest BCUT2D eigenvalue weighted by Gasteiger charge is -2.27. The molecule has 0 saturated heterocycles. The summed E-state index contributed by atoms with van der Waals surface area (Å²) in [6.45, 7) is 7.39. The fourth-order valence-corrected chi connectivity index (χ4v) is 11.4. The van der Waals surface area contributed by atoms with Crippen molar-refractivity contribution in [3.63, 3.8) is 0 Å². The molecule has 0 unspecified atom stereocenters. The molecule has 0 aliphatic rings. The SMILES string of the molecule is CCCCCCCCCCCCCCCCS(=O)(=O)NCC(=O)NCC(=O)C[C@@H](Cc1ccc(O)cc1)C(=O)N[C@@H](CCC(N)=O)C(=O)C[C@@H](CCCCN)C(=O)N[C@@H](CCCCN)C(=O)C[C@@H](CC(C)C)C(=O)N[C@@H](CCCN=C(N)N)C(=O)CC. The van der Waals surface area contributed by atoms with E-state index in [1.807, 2.05) is 13.8 Å². The topological polar surface area (TPSA) is 411 Å². The minimum Gasteiger partial charge on any atom is -0.508 e. The number of guanidine groups is 1. The number of unbranched alkanes of at least 4 members (excludes halogenated alkanes) is 15. The van der Waals surface area contributed by atoms with E-state index in [1.165, 1.54) is 69.9 Å². The van der Waals surface area contributed by atoms with Crippen molar-refractivity contribution in [3.05, 3.63) is 29.8 Å². The van der Waals surface area contributed by atoms with Gasteiger partial charge in [0.05, 0.1) is 37.0 Å². The molecule has 23 nitrogen and oxygen atoms in total. The second kappa shape index (κ2) is 47.2. The third-order valence-corrected chi connectivity index (χ3v) is 16.8. The summed E-state index contributed by atoms with van der Waals surface area (Å²) in [4.78, 5) is 127. The fourth-order valence-electron chi connectivity index (χ4n) is 10.3. The number of hydrogen-bond acceptors (Lipinski definition) is 15. The van der Waals surface area contributed by atoms with Gasteiger partial charge in [0, 0.05) is 56.4 Å². The lowest BCUT2D eigenvalue weighted by Crippen LogP contribution is -2.48. The standard InChI is InChI=1S/C63H111N11O12S/c1-5-7-8-9-10-11-12-13-14-15-16-17-18-23-37-87(85,86)71-44-59(81)70-43-51(76)40-49(39-46-28-30-50(75)31-29-46)62(84)74-54(32-33-58(66)80)56(78)41-47(25-19-21-34-64)60(82)73-53(26-20-22-35-65)57(79)42-48(38-45(3)4)61(83)72-52(55(77)6-2)27-24-36-69-63(67)68/h28-31,45,47-49,52-54,71,75H,5-27,32-44,64-65H2,1-4H3,(H2,66,80)(H,70,81)(H,72,83)(H,73,82)(H,74,84)(H4,67,68,69)/t47-,48-,49-,52+,53+,54+/m1/s1. The maximum absolute atomic E-state index is 14.5. The Kier molecular flexibility index (Phi) is 42.9. The van der Waals surface area contributed by atoms with Gasteiger partial charge in [0.25, 0.3) is 0 Å². The monoisotopic (exact) mass is 1250 g/mol. The molecular weight excluding hydrogens is 1130 g/mol. The molecule has 5 amide bonds. The third-order valence-electron chi connectivity index (χ3n) is 15.4. The van der Waals surface area contributed by atoms with Crippen molar-refractivity contribution in [2.24, 2.45) is 57.3 Å². The van der Waals surface area contributed by atoms with E-state index in [0.29, 0.717) is 57.1 Å². The quantitative estimate of drug-likeness (QED) is 0.0226. The summed E-state index contributed by atoms with van der Waals surface area (Å²) in [5, 5.41) is 20.8. The maximum atomic E-state index is 14.5. The summed E-state index contributed by atoms with van der Waals surface area (Å²) in [7, 11) is -3.78. The predicted molar refractivity (Wildman–Crippen MR) is 341 cm³/mol. The van der Waals surface area contributed by atoms with Crippen LogP contribution in [0.15, 0.2) is 29.3 Å². The maximum Gasteiger partial charge on any atom is 0.235 e. The molecule has 1 rings (SSSR count). The van der Waals surface area contributed by atoms with E-state index in [9.17, 15) is 56.7 Å². The fraction of sp³-hybridized carbons (Fsp3) is 0.746. The minimum absolute atomic E-state index is 0.0333. The van der Waals surface area contributed by atoms with Gasteiger partial charge in [-0.15, -0.1) is 0 Å². The van der Waals surface area contributed by atoms with Gasteiger partial charge >= 0.3 is 0 Å². The van der Waals surface area contributed by atoms with Crippen LogP contribution in [0, 0.1) is 23.7 Å². The molecule has 0 saturated carbocycles. The number of ketones is 4. The predicted octanol–water partition coefficient (Wildman–Crippen LogP) is 5.23. The van der Waals surface area contributed by atoms with Crippen molar-refractivity contribution in [3.8, 4) is 5.75 Å². The molecule has 0 aromatic heterocycles. The van der Waals surface area contributed by atoms with Gasteiger partial charge < -0.3 is 55.0 Å². The molecular formula is C63H111N11O12S. The van der Waals surface area contributed by atoms with E-state index in [-0.39, 0.29) is 93.6 Å². The molecule has 1 aromatic carbocycles. The molecule has 0 aliphatic heterocycles. The van der Waals surface area contributed by atoms with Gasteiger partial charge in [-0.2, -0.15) is 0 Å². The Bertz CT molecular complexity index is 2350. The van der Waals surface area contributed by atoms with Crippen LogP contribution in [-0.2, 0) is 59.6 Å². The second-order valence-corrected chi connectivity index (χ2v) is 25.6. The van der Waals surface area contributed by atoms with Crippen LogP contribution in [0.1, 0.15) is 219 Å². The number of phenols is 1. The Balaban J connectivity index is 3.23. The van der Waals surface area contributed by atoms with Crippen LogP contribution in [0.3, 0.4) is 0 Å². The molecule has 0 radical (unpaired) electrons. The number of aliphatic imine (C=N–C) groups is 1. The lowest BCUT2D eigenvalue weighted by atomic mass is 9.87. The molecule has 16 N–H and O–H groups in total. The lowest BCUT2D eigenvalue weighted by molar-refractivity contribution is -0.136. The number of carbonyl (C=O) groups is 9. The number of Topliss-reactive ketones (excluding diaryl/α,β-unsaturated/α-hetero) is 4. The van der Waals surface area contributed by atoms with Gasteiger partial charge in [-0.05, 0) is 107 Å². The minimum atomic E-state index is -3.78. The summed E-state index contributed by atoms with van der Waals surface area (Å²) < 4.78 is 27.7. The first-order valence-electron chi connectivity index (χ1n) is 32.2. The molecule has 87 heavy (non-hydrogen) atoms. The number of phenolic OH excluding ortho intramolecular Hbond substituents is 1. The van der Waals surface area contributed by atoms with Crippen LogP contribution in [0.25, 0.3) is 0 Å². The van der Waals surface area contributed by atoms with Gasteiger partial charge in [0.2, 0.25) is 39.6 Å². The number of amides is 5. The van der Waals surface area contributed by atoms with Gasteiger partial charge in [-0.3, -0.25) is 48.1 Å². The zero-order chi connectivity index (χ0) is 65.0. The first kappa shape index (κ1) is 79.2. The van der Waals surface area contributed by atoms with Crippen molar-refractivity contribution in [1.82, 2.24) is 26.0 Å². The van der Waals surface area contributed by atoms with E-state index in [2.05, 4.69) is 37.9 Å². The highest BCUT2D eigenvalue weighted by Crippen LogP contribution is 2.23. The average molecular weight is 1250 g/mol. The molecule has 1 aromatic rings. The summed E-state index contributed by atoms with van der Waals surface area (Å²) >= 11 is 0. The van der Waals surface area contributed by atoms with Gasteiger partial charge in [0.15, 0.2) is 29.1 Å². The Morgan fingerprint density at radius 3 is 1.55 bits per heavy atom. The summed E-state index contributed by atoms with van der Waals surface area (Å²) in [5.41, 5.74) is 28.6. The van der Waals surface area contributed by atoms with Crippen molar-refractivity contribution in [2.45, 2.75) is 238 Å². The Hall–Kier alpha value is -5.85. The number of nitrogens with one attached hydrogen (secondary N) is 5. The number of nitrogens with zero attached hydrogens (tertiary/aromatic N) is 1. The Morgan fingerprint density at radius 1 is 0.552 bits per heavy atom. The molecule has 0 bridgehead atoms. The molecule has 24 heteroatoms. The normalized spacial score (nSPS) is 13.6. The van der Waals surface area contributed by atoms with Crippen molar-refractivity contribution in [1.29, 1.82) is 0 Å². The molecule has 0 fully saturated rings. The second-order valence-electron chi connectivity index (χ2n) is 23.7. The van der Waals surface area contributed by atoms with Crippen LogP contribution in [0.5, 0.6) is 5.75 Å². The van der Waals surface area contributed by atoms with E-state index in [4.69, 9.17) is 28.7 Å². The van der Waals surface area contributed by atoms with E-state index in [1.54, 1.807) is 19.1 Å². The number of aromatic hydroxyl groups is 1. The first-order valence-corrected chi connectivity index (χ1v) is 33.9. The highest BCUT2D eigenvalue weighted by atomic mass is 32.2. The van der Waals surface area contributed by atoms with Crippen LogP contribution in [0.4, 0.5) is 0 Å². The number of rotatable bonds is 55. The molecule has 496 valence electrons. The van der Waals surface area contributed by atoms with Gasteiger partial charge in [-0.25, -0.2) is 13.1 Å². The molecule has 0 heterocycles. The Morgan fingerprint density at radius 2 is 1.03 bits per heavy atom. The van der Waals surface area contributed by atoms with Gasteiger partial charge in [-0.1, -0.05) is 130 Å². The molecule has 0 aliphatic carbocycles. The van der Waals surface area contributed by atoms with Crippen molar-refractivity contribution >= 4 is 68.7 Å². The first-order chi connectivity index (χ1) is 41.4. The van der Waals surface area contributed by atoms with E-state index >= 15 is 0 Å². The van der Waals surface area contributed by atoms with Crippen LogP contribution >= 0.6 is 0 Å². The number of nitrogens with two attached hydrogens (primary N) is 5. The Labute approximate surface area is 519 Å². The molecule has 6 atom stereocenters. The third kappa shape index (κ3) is 38.9. The highest BCUT2D eigenvalue weighted by Gasteiger charge is 2.34. The number of benzene rings is 1. The zero-order valence-electron chi connectivity index (χ0n) is 53.0. The summed E-state index contributed by atoms with van der Waals surface area (Å²) in [6, 6.07) is 2.58. The molecule has 0 spiro atoms. The van der Waals surface area contributed by atoms with Crippen LogP contribution in [-0.4, -0.2) is 129 Å². The number of sulfonamides is 1. The zero-order valence-corrected chi connectivity index (χ0v) is 53.8.